The highest BCUT2D eigenvalue weighted by atomic mass is 16.6. The Morgan fingerprint density at radius 3 is 0.901 bits per heavy atom. The Kier molecular flexibility index (Phi) is 56.8. The second-order valence-electron chi connectivity index (χ2n) is 20.2. The number of rotatable bonds is 55. The van der Waals surface area contributed by atoms with Crippen LogP contribution in [0.15, 0.2) is 72.9 Å². The molecule has 0 radical (unpaired) electrons. The largest absolute Gasteiger partial charge is 0.462 e. The molecule has 0 aromatic heterocycles. The highest BCUT2D eigenvalue weighted by Gasteiger charge is 2.19. The summed E-state index contributed by atoms with van der Waals surface area (Å²) in [5.74, 6) is -0.932. The van der Waals surface area contributed by atoms with Crippen LogP contribution in [0.3, 0.4) is 0 Å². The molecule has 71 heavy (non-hydrogen) atoms. The van der Waals surface area contributed by atoms with Crippen molar-refractivity contribution >= 4 is 17.9 Å². The predicted molar refractivity (Wildman–Crippen MR) is 307 cm³/mol. The number of hydrogen-bond donors (Lipinski definition) is 0. The maximum Gasteiger partial charge on any atom is 0.306 e. The van der Waals surface area contributed by atoms with Gasteiger partial charge in [0.15, 0.2) is 6.10 Å². The van der Waals surface area contributed by atoms with Gasteiger partial charge in [-0.25, -0.2) is 0 Å². The van der Waals surface area contributed by atoms with Crippen LogP contribution in [-0.4, -0.2) is 37.2 Å². The minimum Gasteiger partial charge on any atom is -0.462 e. The average Bonchev–Trinajstić information content (AvgIpc) is 3.37. The van der Waals surface area contributed by atoms with Gasteiger partial charge >= 0.3 is 17.9 Å². The zero-order chi connectivity index (χ0) is 51.4. The van der Waals surface area contributed by atoms with Crippen molar-refractivity contribution < 1.29 is 28.6 Å². The van der Waals surface area contributed by atoms with Crippen LogP contribution in [0.25, 0.3) is 0 Å². The maximum absolute atomic E-state index is 12.9. The molecule has 0 N–H and O–H groups in total. The Morgan fingerprint density at radius 1 is 0.296 bits per heavy atom. The molecule has 0 aliphatic heterocycles. The van der Waals surface area contributed by atoms with Gasteiger partial charge in [-0.1, -0.05) is 248 Å². The van der Waals surface area contributed by atoms with Gasteiger partial charge in [-0.3, -0.25) is 14.4 Å². The lowest BCUT2D eigenvalue weighted by Crippen LogP contribution is -2.30. The molecule has 0 saturated carbocycles. The molecular formula is C65H114O6. The Labute approximate surface area is 440 Å². The molecular weight excluding hydrogens is 877 g/mol. The van der Waals surface area contributed by atoms with Crippen LogP contribution in [0, 0.1) is 0 Å². The van der Waals surface area contributed by atoms with E-state index in [1.54, 1.807) is 0 Å². The number of esters is 3. The van der Waals surface area contributed by atoms with Gasteiger partial charge in [0.2, 0.25) is 0 Å². The zero-order valence-corrected chi connectivity index (χ0v) is 47.0. The second-order valence-corrected chi connectivity index (χ2v) is 20.2. The molecule has 6 nitrogen and oxygen atoms in total. The van der Waals surface area contributed by atoms with Crippen LogP contribution < -0.4 is 0 Å². The number of hydrogen-bond acceptors (Lipinski definition) is 6. The minimum absolute atomic E-state index is 0.0916. The molecule has 0 aliphatic rings. The first-order chi connectivity index (χ1) is 35.0. The summed E-state index contributed by atoms with van der Waals surface area (Å²) in [6, 6.07) is 0. The Bertz CT molecular complexity index is 1320. The highest BCUT2D eigenvalue weighted by Crippen LogP contribution is 2.16. The first-order valence-electron chi connectivity index (χ1n) is 30.4. The number of unbranched alkanes of at least 4 members (excludes halogenated alkanes) is 32. The van der Waals surface area contributed by atoms with Crippen molar-refractivity contribution in [2.45, 2.75) is 309 Å². The molecule has 0 saturated heterocycles. The maximum atomic E-state index is 12.9. The van der Waals surface area contributed by atoms with Gasteiger partial charge in [-0.15, -0.1) is 0 Å². The third-order valence-corrected chi connectivity index (χ3v) is 13.2. The smallest absolute Gasteiger partial charge is 0.306 e. The van der Waals surface area contributed by atoms with E-state index in [0.717, 1.165) is 83.5 Å². The van der Waals surface area contributed by atoms with E-state index in [4.69, 9.17) is 14.2 Å². The summed E-state index contributed by atoms with van der Waals surface area (Å²) in [6.07, 6.45) is 76.2. The fraction of sp³-hybridized carbons (Fsp3) is 0.769. The van der Waals surface area contributed by atoms with Gasteiger partial charge in [0.25, 0.3) is 0 Å². The summed E-state index contributed by atoms with van der Waals surface area (Å²) in [7, 11) is 0. The number of ether oxygens (including phenoxy) is 3. The fourth-order valence-electron chi connectivity index (χ4n) is 8.60. The molecule has 0 aliphatic carbocycles. The van der Waals surface area contributed by atoms with Crippen molar-refractivity contribution in [1.29, 1.82) is 0 Å². The quantitative estimate of drug-likeness (QED) is 0.0261. The van der Waals surface area contributed by atoms with E-state index in [1.807, 2.05) is 0 Å². The van der Waals surface area contributed by atoms with Gasteiger partial charge in [-0.05, 0) is 109 Å². The standard InChI is InChI=1S/C65H114O6/c1-4-7-10-13-16-19-22-25-28-30-32-34-37-40-43-46-49-52-55-58-64(67)70-61-62(60-69-63(66)57-54-51-48-45-42-39-36-27-24-21-18-15-12-9-6-3)71-65(68)59-56-53-50-47-44-41-38-35-33-31-29-26-23-20-17-14-11-8-5-2/h9,12,18,21,27,30-33,36,42,45,62H,4-8,10-11,13-17,19-20,22-26,28-29,34-35,37-41,43-44,46-61H2,1-3H3/b12-9-,21-18-,32-30-,33-31-,36-27-,45-42-/t62-/m1/s1. The van der Waals surface area contributed by atoms with Gasteiger partial charge in [-0.2, -0.15) is 0 Å². The summed E-state index contributed by atoms with van der Waals surface area (Å²) in [6.45, 7) is 6.51. The average molecular weight is 992 g/mol. The third kappa shape index (κ3) is 57.6. The summed E-state index contributed by atoms with van der Waals surface area (Å²) < 4.78 is 16.9. The molecule has 0 bridgehead atoms. The van der Waals surface area contributed by atoms with Crippen LogP contribution in [0.5, 0.6) is 0 Å². The SMILES string of the molecule is CC/C=C\C/C=C\C/C=C\C/C=C\CCCCC(=O)OC[C@H](COC(=O)CCCCCCCCC/C=C\CCCCCCCCCC)OC(=O)CCCCCCCCC/C=C\CCCCCCCCCC. The zero-order valence-electron chi connectivity index (χ0n) is 47.0. The molecule has 0 fully saturated rings. The third-order valence-electron chi connectivity index (χ3n) is 13.2. The van der Waals surface area contributed by atoms with Gasteiger partial charge in [0.05, 0.1) is 0 Å². The summed E-state index contributed by atoms with van der Waals surface area (Å²) in [5, 5.41) is 0. The van der Waals surface area contributed by atoms with Crippen LogP contribution >= 0.6 is 0 Å². The van der Waals surface area contributed by atoms with Crippen LogP contribution in [0.1, 0.15) is 303 Å². The first-order valence-corrected chi connectivity index (χ1v) is 30.4. The van der Waals surface area contributed by atoms with Crippen molar-refractivity contribution in [2.24, 2.45) is 0 Å². The van der Waals surface area contributed by atoms with E-state index < -0.39 is 6.10 Å². The fourth-order valence-corrected chi connectivity index (χ4v) is 8.60. The predicted octanol–water partition coefficient (Wildman–Crippen LogP) is 20.5. The molecule has 1 atom stereocenters. The van der Waals surface area contributed by atoms with E-state index in [9.17, 15) is 14.4 Å². The summed E-state index contributed by atoms with van der Waals surface area (Å²) >= 11 is 0. The van der Waals surface area contributed by atoms with E-state index >= 15 is 0 Å². The molecule has 0 spiro atoms. The lowest BCUT2D eigenvalue weighted by Gasteiger charge is -2.18. The lowest BCUT2D eigenvalue weighted by molar-refractivity contribution is -0.167. The topological polar surface area (TPSA) is 78.9 Å². The lowest BCUT2D eigenvalue weighted by atomic mass is 10.1. The van der Waals surface area contributed by atoms with Crippen LogP contribution in [0.2, 0.25) is 0 Å². The normalized spacial score (nSPS) is 12.5. The van der Waals surface area contributed by atoms with Gasteiger partial charge in [0.1, 0.15) is 13.2 Å². The van der Waals surface area contributed by atoms with E-state index in [2.05, 4.69) is 93.7 Å². The van der Waals surface area contributed by atoms with Crippen molar-refractivity contribution in [1.82, 2.24) is 0 Å². The molecule has 0 aromatic carbocycles. The van der Waals surface area contributed by atoms with Crippen molar-refractivity contribution in [2.75, 3.05) is 13.2 Å². The molecule has 0 heterocycles. The molecule has 0 amide bonds. The van der Waals surface area contributed by atoms with Crippen molar-refractivity contribution in [3.8, 4) is 0 Å². The monoisotopic (exact) mass is 991 g/mol. The van der Waals surface area contributed by atoms with Crippen LogP contribution in [0.4, 0.5) is 0 Å². The number of carbonyl (C=O) groups excluding carboxylic acids is 3. The summed E-state index contributed by atoms with van der Waals surface area (Å²) in [5.41, 5.74) is 0. The second kappa shape index (κ2) is 59.4. The van der Waals surface area contributed by atoms with E-state index in [0.29, 0.717) is 19.3 Å². The molecule has 0 rings (SSSR count). The van der Waals surface area contributed by atoms with Crippen molar-refractivity contribution in [3.05, 3.63) is 72.9 Å². The molecule has 0 aromatic rings. The van der Waals surface area contributed by atoms with Gasteiger partial charge in [0, 0.05) is 19.3 Å². The molecule has 410 valence electrons. The Hall–Kier alpha value is -3.15. The minimum atomic E-state index is -0.797. The first kappa shape index (κ1) is 67.8. The number of carbonyl (C=O) groups is 3. The molecule has 6 heteroatoms. The van der Waals surface area contributed by atoms with E-state index in [1.165, 1.54) is 180 Å². The highest BCUT2D eigenvalue weighted by molar-refractivity contribution is 5.71. The van der Waals surface area contributed by atoms with Crippen LogP contribution in [-0.2, 0) is 28.6 Å². The van der Waals surface area contributed by atoms with E-state index in [-0.39, 0.29) is 31.1 Å². The Morgan fingerprint density at radius 2 is 0.549 bits per heavy atom. The Balaban J connectivity index is 4.41. The number of allylic oxidation sites excluding steroid dienone is 12. The molecule has 0 unspecified atom stereocenters. The van der Waals surface area contributed by atoms with Gasteiger partial charge < -0.3 is 14.2 Å². The van der Waals surface area contributed by atoms with Crippen molar-refractivity contribution in [3.63, 3.8) is 0 Å². The summed E-state index contributed by atoms with van der Waals surface area (Å²) in [4.78, 5) is 38.2.